The fourth-order valence-corrected chi connectivity index (χ4v) is 1.65. The second-order valence-electron chi connectivity index (χ2n) is 3.96. The number of hydrogen-bond acceptors (Lipinski definition) is 4. The molecule has 0 fully saturated rings. The summed E-state index contributed by atoms with van der Waals surface area (Å²) in [6, 6.07) is 1.83. The maximum Gasteiger partial charge on any atom is 0.591 e. The highest BCUT2D eigenvalue weighted by Crippen LogP contribution is 2.32. The Morgan fingerprint density at radius 1 is 1.18 bits per heavy atom. The molecule has 120 valence electrons. The number of esters is 1. The van der Waals surface area contributed by atoms with E-state index in [4.69, 9.17) is 0 Å². The van der Waals surface area contributed by atoms with E-state index in [0.717, 1.165) is 13.2 Å². The lowest BCUT2D eigenvalue weighted by molar-refractivity contribution is -0.321. The molecule has 0 saturated heterocycles. The fourth-order valence-electron chi connectivity index (χ4n) is 1.65. The molecule has 0 N–H and O–H groups in total. The van der Waals surface area contributed by atoms with Crippen LogP contribution >= 0.6 is 0 Å². The van der Waals surface area contributed by atoms with Crippen LogP contribution in [-0.4, -0.2) is 29.2 Å². The van der Waals surface area contributed by atoms with Gasteiger partial charge in [-0.05, 0) is 18.2 Å². The van der Waals surface area contributed by atoms with Crippen LogP contribution in [-0.2, 0) is 10.9 Å². The Morgan fingerprint density at radius 2 is 1.82 bits per heavy atom. The van der Waals surface area contributed by atoms with Crippen molar-refractivity contribution in [2.24, 2.45) is 0 Å². The third-order valence-corrected chi connectivity index (χ3v) is 2.50. The third kappa shape index (κ3) is 3.07. The van der Waals surface area contributed by atoms with Gasteiger partial charge in [0.1, 0.15) is 5.52 Å². The minimum atomic E-state index is -5.25. The number of hydrogen-bond donors (Lipinski definition) is 0. The van der Waals surface area contributed by atoms with Crippen LogP contribution in [0, 0.1) is 0 Å². The van der Waals surface area contributed by atoms with E-state index >= 15 is 0 Å². The molecule has 0 atom stereocenters. The fraction of sp³-hybridized carbons (Fsp3) is 0.273. The van der Waals surface area contributed by atoms with Crippen molar-refractivity contribution >= 4 is 17.0 Å². The lowest BCUT2D eigenvalue weighted by Crippen LogP contribution is -2.30. The molecule has 1 aromatic heterocycles. The Bertz CT molecular complexity index is 719. The molecule has 2 aromatic rings. The van der Waals surface area contributed by atoms with Gasteiger partial charge in [0.25, 0.3) is 5.82 Å². The molecule has 22 heavy (non-hydrogen) atoms. The van der Waals surface area contributed by atoms with Crippen molar-refractivity contribution in [1.82, 2.24) is 9.71 Å². The first-order chi connectivity index (χ1) is 10.0. The van der Waals surface area contributed by atoms with Crippen LogP contribution in [0.2, 0.25) is 0 Å². The number of aromatic nitrogens is 2. The van der Waals surface area contributed by atoms with Crippen LogP contribution in [0.3, 0.4) is 0 Å². The van der Waals surface area contributed by atoms with Gasteiger partial charge < -0.3 is 9.57 Å². The lowest BCUT2D eigenvalue weighted by atomic mass is 10.2. The molecule has 0 saturated carbocycles. The monoisotopic (exact) mass is 328 g/mol. The second-order valence-corrected chi connectivity index (χ2v) is 3.96. The Morgan fingerprint density at radius 3 is 2.32 bits per heavy atom. The minimum absolute atomic E-state index is 0.142. The van der Waals surface area contributed by atoms with Crippen molar-refractivity contribution < 1.29 is 40.7 Å². The number of methoxy groups -OCH3 is 1. The predicted octanol–water partition coefficient (Wildman–Crippen LogP) is 2.79. The largest absolute Gasteiger partial charge is 0.591 e. The molecule has 0 bridgehead atoms. The number of rotatable bonds is 2. The van der Waals surface area contributed by atoms with Crippen molar-refractivity contribution in [3.63, 3.8) is 0 Å². The molecule has 5 nitrogen and oxygen atoms in total. The molecule has 2 rings (SSSR count). The Kier molecular flexibility index (Phi) is 3.67. The van der Waals surface area contributed by atoms with Gasteiger partial charge >= 0.3 is 18.5 Å². The number of imidazole rings is 1. The summed E-state index contributed by atoms with van der Waals surface area (Å²) in [7, 11) is 0.876. The van der Waals surface area contributed by atoms with Crippen molar-refractivity contribution in [2.45, 2.75) is 12.5 Å². The van der Waals surface area contributed by atoms with Crippen LogP contribution in [0.4, 0.5) is 26.3 Å². The SMILES string of the molecule is COC(=O)c1nc2ccc(C(F)(F)F)cc2n1OC(F)(F)F. The summed E-state index contributed by atoms with van der Waals surface area (Å²) in [5, 5.41) is 0. The summed E-state index contributed by atoms with van der Waals surface area (Å²) in [6.07, 6.45) is -10.0. The first-order valence-electron chi connectivity index (χ1n) is 5.47. The van der Waals surface area contributed by atoms with Crippen molar-refractivity contribution in [3.8, 4) is 0 Å². The number of carbonyl (C=O) groups is 1. The van der Waals surface area contributed by atoms with Crippen molar-refractivity contribution in [3.05, 3.63) is 29.6 Å². The van der Waals surface area contributed by atoms with Gasteiger partial charge in [0, 0.05) is 0 Å². The predicted molar refractivity (Wildman–Crippen MR) is 58.7 cm³/mol. The number of ether oxygens (including phenoxy) is 1. The summed E-state index contributed by atoms with van der Waals surface area (Å²) in [5.74, 6) is -2.23. The first kappa shape index (κ1) is 15.9. The van der Waals surface area contributed by atoms with Gasteiger partial charge in [0.2, 0.25) is 0 Å². The highest BCUT2D eigenvalue weighted by molar-refractivity contribution is 5.91. The van der Waals surface area contributed by atoms with Crippen LogP contribution in [0.25, 0.3) is 11.0 Å². The van der Waals surface area contributed by atoms with E-state index in [2.05, 4.69) is 14.6 Å². The molecule has 0 aliphatic rings. The number of benzene rings is 1. The third-order valence-electron chi connectivity index (χ3n) is 2.50. The van der Waals surface area contributed by atoms with Gasteiger partial charge in [-0.15, -0.1) is 17.9 Å². The molecule has 0 amide bonds. The maximum atomic E-state index is 12.6. The highest BCUT2D eigenvalue weighted by atomic mass is 19.4. The first-order valence-corrected chi connectivity index (χ1v) is 5.47. The summed E-state index contributed by atoms with van der Waals surface area (Å²) < 4.78 is 79.1. The molecule has 0 unspecified atom stereocenters. The van der Waals surface area contributed by atoms with E-state index in [1.54, 1.807) is 0 Å². The van der Waals surface area contributed by atoms with E-state index in [1.807, 2.05) is 0 Å². The zero-order chi connectivity index (χ0) is 16.7. The summed E-state index contributed by atoms with van der Waals surface area (Å²) in [4.78, 5) is 18.4. The van der Waals surface area contributed by atoms with E-state index < -0.39 is 35.4 Å². The molecular formula is C11H6F6N2O3. The quantitative estimate of drug-likeness (QED) is 0.628. The topological polar surface area (TPSA) is 53.3 Å². The molecule has 0 aliphatic heterocycles. The normalized spacial score (nSPS) is 12.5. The van der Waals surface area contributed by atoms with Gasteiger partial charge in [-0.25, -0.2) is 9.78 Å². The van der Waals surface area contributed by atoms with Gasteiger partial charge in [0.05, 0.1) is 18.2 Å². The zero-order valence-electron chi connectivity index (χ0n) is 10.6. The smallest absolute Gasteiger partial charge is 0.463 e. The average Bonchev–Trinajstić information content (AvgIpc) is 2.73. The van der Waals surface area contributed by atoms with Gasteiger partial charge in [-0.3, -0.25) is 0 Å². The second kappa shape index (κ2) is 5.07. The molecular weight excluding hydrogens is 322 g/mol. The minimum Gasteiger partial charge on any atom is -0.463 e. The maximum absolute atomic E-state index is 12.6. The average molecular weight is 328 g/mol. The molecule has 11 heteroatoms. The van der Waals surface area contributed by atoms with Gasteiger partial charge in [-0.2, -0.15) is 13.2 Å². The van der Waals surface area contributed by atoms with Crippen LogP contribution in [0.15, 0.2) is 18.2 Å². The van der Waals surface area contributed by atoms with E-state index in [9.17, 15) is 31.1 Å². The highest BCUT2D eigenvalue weighted by Gasteiger charge is 2.36. The number of alkyl halides is 6. The van der Waals surface area contributed by atoms with Gasteiger partial charge in [0.15, 0.2) is 0 Å². The standard InChI is InChI=1S/C11H6F6N2O3/c1-21-9(20)8-18-6-3-2-5(10(12,13)14)4-7(6)19(8)22-11(15,16)17/h2-4H,1H3. The summed E-state index contributed by atoms with van der Waals surface area (Å²) >= 11 is 0. The summed E-state index contributed by atoms with van der Waals surface area (Å²) in [6.45, 7) is 0. The lowest BCUT2D eigenvalue weighted by Gasteiger charge is -2.12. The molecule has 0 radical (unpaired) electrons. The number of halogens is 6. The molecule has 0 spiro atoms. The van der Waals surface area contributed by atoms with Crippen LogP contribution < -0.4 is 4.84 Å². The van der Waals surface area contributed by atoms with Crippen molar-refractivity contribution in [1.29, 1.82) is 0 Å². The summed E-state index contributed by atoms with van der Waals surface area (Å²) in [5.41, 5.74) is -2.19. The number of carbonyl (C=O) groups excluding carboxylic acids is 1. The van der Waals surface area contributed by atoms with E-state index in [0.29, 0.717) is 12.1 Å². The Labute approximate surface area is 118 Å². The molecule has 1 aromatic carbocycles. The van der Waals surface area contributed by atoms with Gasteiger partial charge in [-0.1, -0.05) is 0 Å². The number of fused-ring (bicyclic) bond motifs is 1. The zero-order valence-corrected chi connectivity index (χ0v) is 10.6. The molecule has 0 aliphatic carbocycles. The Hall–Kier alpha value is -2.46. The van der Waals surface area contributed by atoms with E-state index in [-0.39, 0.29) is 10.2 Å². The van der Waals surface area contributed by atoms with Crippen molar-refractivity contribution in [2.75, 3.05) is 7.11 Å². The Balaban J connectivity index is 2.70. The van der Waals surface area contributed by atoms with E-state index in [1.165, 1.54) is 0 Å². The van der Waals surface area contributed by atoms with Crippen LogP contribution in [0.1, 0.15) is 16.2 Å². The number of nitrogens with zero attached hydrogens (tertiary/aromatic N) is 2. The van der Waals surface area contributed by atoms with Crippen LogP contribution in [0.5, 0.6) is 0 Å². The molecule has 1 heterocycles.